The van der Waals surface area contributed by atoms with Gasteiger partial charge in [-0.05, 0) is 45.6 Å². The van der Waals surface area contributed by atoms with Crippen molar-refractivity contribution in [3.63, 3.8) is 0 Å². The third-order valence-corrected chi connectivity index (χ3v) is 3.06. The summed E-state index contributed by atoms with van der Waals surface area (Å²) in [6, 6.07) is 5.70. The predicted molar refractivity (Wildman–Crippen MR) is 71.1 cm³/mol. The second-order valence-electron chi connectivity index (χ2n) is 4.54. The van der Waals surface area contributed by atoms with Crippen LogP contribution in [-0.4, -0.2) is 37.5 Å². The minimum atomic E-state index is -0.0662. The second-order valence-corrected chi connectivity index (χ2v) is 4.54. The van der Waals surface area contributed by atoms with E-state index in [9.17, 15) is 4.79 Å². The number of anilines is 1. The smallest absolute Gasteiger partial charge is 0.251 e. The molecule has 1 aromatic rings. The van der Waals surface area contributed by atoms with E-state index in [0.717, 1.165) is 5.56 Å². The van der Waals surface area contributed by atoms with Crippen molar-refractivity contribution in [1.82, 2.24) is 10.2 Å². The van der Waals surface area contributed by atoms with Gasteiger partial charge in [0.15, 0.2) is 0 Å². The maximum atomic E-state index is 12.0. The first-order chi connectivity index (χ1) is 7.93. The van der Waals surface area contributed by atoms with Crippen molar-refractivity contribution in [2.45, 2.75) is 19.9 Å². The SMILES string of the molecule is Cc1c(N)cccc1C(=O)NCC(C)N(C)C. The highest BCUT2D eigenvalue weighted by Crippen LogP contribution is 2.15. The van der Waals surface area contributed by atoms with E-state index in [0.29, 0.717) is 23.8 Å². The minimum absolute atomic E-state index is 0.0662. The Kier molecular flexibility index (Phi) is 4.52. The van der Waals surface area contributed by atoms with Crippen LogP contribution in [0.1, 0.15) is 22.8 Å². The molecular formula is C13H21N3O. The Balaban J connectivity index is 2.68. The second kappa shape index (κ2) is 5.68. The first-order valence-electron chi connectivity index (χ1n) is 5.73. The lowest BCUT2D eigenvalue weighted by Gasteiger charge is -2.20. The molecule has 4 heteroatoms. The number of hydrogen-bond acceptors (Lipinski definition) is 3. The lowest BCUT2D eigenvalue weighted by atomic mass is 10.1. The Bertz CT molecular complexity index is 402. The van der Waals surface area contributed by atoms with E-state index in [2.05, 4.69) is 17.1 Å². The average Bonchev–Trinajstić information content (AvgIpc) is 2.29. The molecule has 4 nitrogen and oxygen atoms in total. The van der Waals surface area contributed by atoms with Crippen molar-refractivity contribution in [2.75, 3.05) is 26.4 Å². The van der Waals surface area contributed by atoms with Gasteiger partial charge in [0.2, 0.25) is 0 Å². The number of nitrogens with one attached hydrogen (secondary N) is 1. The van der Waals surface area contributed by atoms with E-state index >= 15 is 0 Å². The van der Waals surface area contributed by atoms with Gasteiger partial charge < -0.3 is 16.0 Å². The minimum Gasteiger partial charge on any atom is -0.398 e. The molecule has 0 aliphatic rings. The molecule has 0 saturated carbocycles. The Morgan fingerprint density at radius 2 is 2.12 bits per heavy atom. The molecule has 1 unspecified atom stereocenters. The molecule has 3 N–H and O–H groups in total. The predicted octanol–water partition coefficient (Wildman–Crippen LogP) is 1.26. The first kappa shape index (κ1) is 13.5. The van der Waals surface area contributed by atoms with Crippen molar-refractivity contribution in [3.05, 3.63) is 29.3 Å². The van der Waals surface area contributed by atoms with Crippen LogP contribution in [0.2, 0.25) is 0 Å². The number of carbonyl (C=O) groups excluding carboxylic acids is 1. The molecule has 1 atom stereocenters. The highest BCUT2D eigenvalue weighted by atomic mass is 16.1. The van der Waals surface area contributed by atoms with E-state index in [4.69, 9.17) is 5.73 Å². The largest absolute Gasteiger partial charge is 0.398 e. The number of nitrogens with two attached hydrogens (primary N) is 1. The monoisotopic (exact) mass is 235 g/mol. The fraction of sp³-hybridized carbons (Fsp3) is 0.462. The molecule has 94 valence electrons. The third kappa shape index (κ3) is 3.46. The maximum absolute atomic E-state index is 12.0. The van der Waals surface area contributed by atoms with Gasteiger partial charge in [-0.1, -0.05) is 6.07 Å². The maximum Gasteiger partial charge on any atom is 0.251 e. The van der Waals surface area contributed by atoms with Crippen molar-refractivity contribution in [2.24, 2.45) is 0 Å². The summed E-state index contributed by atoms with van der Waals surface area (Å²) in [4.78, 5) is 14.0. The Labute approximate surface area is 103 Å². The number of rotatable bonds is 4. The summed E-state index contributed by atoms with van der Waals surface area (Å²) >= 11 is 0. The Morgan fingerprint density at radius 3 is 2.71 bits per heavy atom. The summed E-state index contributed by atoms with van der Waals surface area (Å²) in [6.45, 7) is 4.55. The zero-order valence-corrected chi connectivity index (χ0v) is 10.9. The zero-order valence-electron chi connectivity index (χ0n) is 10.9. The van der Waals surface area contributed by atoms with Crippen molar-refractivity contribution < 1.29 is 4.79 Å². The van der Waals surface area contributed by atoms with Crippen LogP contribution in [0, 0.1) is 6.92 Å². The van der Waals surface area contributed by atoms with Gasteiger partial charge in [-0.15, -0.1) is 0 Å². The van der Waals surface area contributed by atoms with Crippen LogP contribution in [0.3, 0.4) is 0 Å². The lowest BCUT2D eigenvalue weighted by Crippen LogP contribution is -2.38. The summed E-state index contributed by atoms with van der Waals surface area (Å²) < 4.78 is 0. The summed E-state index contributed by atoms with van der Waals surface area (Å²) in [5, 5.41) is 2.91. The highest BCUT2D eigenvalue weighted by Gasteiger charge is 2.12. The van der Waals surface area contributed by atoms with Gasteiger partial charge in [0, 0.05) is 23.8 Å². The third-order valence-electron chi connectivity index (χ3n) is 3.06. The molecular weight excluding hydrogens is 214 g/mol. The summed E-state index contributed by atoms with van der Waals surface area (Å²) in [5.74, 6) is -0.0662. The van der Waals surface area contributed by atoms with Gasteiger partial charge in [-0.3, -0.25) is 4.79 Å². The molecule has 0 radical (unpaired) electrons. The topological polar surface area (TPSA) is 58.4 Å². The van der Waals surface area contributed by atoms with Crippen LogP contribution in [0.25, 0.3) is 0 Å². The van der Waals surface area contributed by atoms with Crippen molar-refractivity contribution >= 4 is 11.6 Å². The fourth-order valence-electron chi connectivity index (χ4n) is 1.42. The molecule has 0 spiro atoms. The lowest BCUT2D eigenvalue weighted by molar-refractivity contribution is 0.0943. The number of carbonyl (C=O) groups is 1. The molecule has 0 aliphatic heterocycles. The van der Waals surface area contributed by atoms with Gasteiger partial charge in [0.05, 0.1) is 0 Å². The molecule has 1 rings (SSSR count). The van der Waals surface area contributed by atoms with E-state index in [1.807, 2.05) is 21.0 Å². The van der Waals surface area contributed by atoms with Crippen LogP contribution < -0.4 is 11.1 Å². The quantitative estimate of drug-likeness (QED) is 0.772. The standard InChI is InChI=1S/C13H21N3O/c1-9(16(3)4)8-15-13(17)11-6-5-7-12(14)10(11)2/h5-7,9H,8,14H2,1-4H3,(H,15,17). The van der Waals surface area contributed by atoms with Crippen LogP contribution >= 0.6 is 0 Å². The molecule has 0 heterocycles. The van der Waals surface area contributed by atoms with E-state index in [-0.39, 0.29) is 5.91 Å². The highest BCUT2D eigenvalue weighted by molar-refractivity contribution is 5.96. The molecule has 0 saturated heterocycles. The van der Waals surface area contributed by atoms with Gasteiger partial charge >= 0.3 is 0 Å². The number of nitrogens with zero attached hydrogens (tertiary/aromatic N) is 1. The summed E-state index contributed by atoms with van der Waals surface area (Å²) in [6.07, 6.45) is 0. The van der Waals surface area contributed by atoms with E-state index in [1.165, 1.54) is 0 Å². The van der Waals surface area contributed by atoms with Crippen LogP contribution in [0.4, 0.5) is 5.69 Å². The molecule has 0 fully saturated rings. The van der Waals surface area contributed by atoms with Crippen LogP contribution in [0.15, 0.2) is 18.2 Å². The van der Waals surface area contributed by atoms with Gasteiger partial charge in [-0.2, -0.15) is 0 Å². The molecule has 17 heavy (non-hydrogen) atoms. The number of likely N-dealkylation sites (N-methyl/N-ethyl adjacent to an activating group) is 1. The first-order valence-corrected chi connectivity index (χ1v) is 5.73. The summed E-state index contributed by atoms with van der Waals surface area (Å²) in [5.41, 5.74) is 7.91. The van der Waals surface area contributed by atoms with Crippen LogP contribution in [-0.2, 0) is 0 Å². The number of nitrogen functional groups attached to an aromatic ring is 1. The Morgan fingerprint density at radius 1 is 1.47 bits per heavy atom. The Hall–Kier alpha value is -1.55. The number of hydrogen-bond donors (Lipinski definition) is 2. The van der Waals surface area contributed by atoms with Gasteiger partial charge in [-0.25, -0.2) is 0 Å². The van der Waals surface area contributed by atoms with Crippen LogP contribution in [0.5, 0.6) is 0 Å². The molecule has 1 aromatic carbocycles. The fourth-order valence-corrected chi connectivity index (χ4v) is 1.42. The molecule has 0 aliphatic carbocycles. The molecule has 0 bridgehead atoms. The average molecular weight is 235 g/mol. The van der Waals surface area contributed by atoms with Gasteiger partial charge in [0.25, 0.3) is 5.91 Å². The number of benzene rings is 1. The van der Waals surface area contributed by atoms with E-state index in [1.54, 1.807) is 18.2 Å². The molecule has 1 amide bonds. The van der Waals surface area contributed by atoms with Gasteiger partial charge in [0.1, 0.15) is 0 Å². The van der Waals surface area contributed by atoms with Crippen molar-refractivity contribution in [1.29, 1.82) is 0 Å². The normalized spacial score (nSPS) is 12.5. The van der Waals surface area contributed by atoms with E-state index < -0.39 is 0 Å². The molecule has 0 aromatic heterocycles. The number of amides is 1. The zero-order chi connectivity index (χ0) is 13.0. The van der Waals surface area contributed by atoms with Crippen molar-refractivity contribution in [3.8, 4) is 0 Å². The summed E-state index contributed by atoms with van der Waals surface area (Å²) in [7, 11) is 3.98.